The van der Waals surface area contributed by atoms with E-state index in [1.165, 1.54) is 11.1 Å². The summed E-state index contributed by atoms with van der Waals surface area (Å²) in [5.41, 5.74) is 2.56. The van der Waals surface area contributed by atoms with E-state index in [4.69, 9.17) is 4.98 Å². The lowest BCUT2D eigenvalue weighted by molar-refractivity contribution is 0.332. The standard InChI is InChI=1S/C16H20BrN/c1-12(17)10-16(2,3)11-14-9-8-13-6-4-5-7-15(13)18-14/h4-9,12H,10-11H2,1-3H3. The second kappa shape index (κ2) is 5.40. The van der Waals surface area contributed by atoms with Crippen molar-refractivity contribution < 1.29 is 0 Å². The van der Waals surface area contributed by atoms with Crippen LogP contribution in [0.15, 0.2) is 36.4 Å². The van der Waals surface area contributed by atoms with Crippen LogP contribution < -0.4 is 0 Å². The first-order chi connectivity index (χ1) is 8.46. The first-order valence-electron chi connectivity index (χ1n) is 6.45. The molecule has 0 saturated carbocycles. The molecule has 1 aromatic heterocycles. The summed E-state index contributed by atoms with van der Waals surface area (Å²) in [5.74, 6) is 0. The van der Waals surface area contributed by atoms with Crippen LogP contribution >= 0.6 is 15.9 Å². The van der Waals surface area contributed by atoms with E-state index in [9.17, 15) is 0 Å². The average Bonchev–Trinajstić information content (AvgIpc) is 2.26. The first kappa shape index (κ1) is 13.5. The summed E-state index contributed by atoms with van der Waals surface area (Å²) in [6.07, 6.45) is 2.18. The van der Waals surface area contributed by atoms with E-state index in [0.717, 1.165) is 18.4 Å². The second-order valence-electron chi connectivity index (χ2n) is 5.82. The summed E-state index contributed by atoms with van der Waals surface area (Å²) in [4.78, 5) is 5.30. The highest BCUT2D eigenvalue weighted by molar-refractivity contribution is 9.09. The number of pyridine rings is 1. The molecule has 18 heavy (non-hydrogen) atoms. The number of benzene rings is 1. The zero-order valence-corrected chi connectivity index (χ0v) is 12.9. The Labute approximate surface area is 118 Å². The van der Waals surface area contributed by atoms with Crippen LogP contribution in [-0.4, -0.2) is 9.81 Å². The van der Waals surface area contributed by atoms with E-state index >= 15 is 0 Å². The molecule has 0 amide bonds. The molecule has 0 saturated heterocycles. The molecule has 1 atom stereocenters. The number of hydrogen-bond acceptors (Lipinski definition) is 1. The summed E-state index contributed by atoms with van der Waals surface area (Å²) in [6, 6.07) is 12.6. The highest BCUT2D eigenvalue weighted by Gasteiger charge is 2.21. The normalized spacial score (nSPS) is 13.8. The fraction of sp³-hybridized carbons (Fsp3) is 0.438. The molecule has 0 aliphatic rings. The highest BCUT2D eigenvalue weighted by atomic mass is 79.9. The topological polar surface area (TPSA) is 12.9 Å². The Balaban J connectivity index is 2.21. The average molecular weight is 306 g/mol. The quantitative estimate of drug-likeness (QED) is 0.726. The van der Waals surface area contributed by atoms with Gasteiger partial charge in [0.1, 0.15) is 0 Å². The smallest absolute Gasteiger partial charge is 0.0705 e. The number of alkyl halides is 1. The van der Waals surface area contributed by atoms with Gasteiger partial charge in [0.2, 0.25) is 0 Å². The van der Waals surface area contributed by atoms with Gasteiger partial charge < -0.3 is 0 Å². The summed E-state index contributed by atoms with van der Waals surface area (Å²) >= 11 is 3.64. The van der Waals surface area contributed by atoms with Crippen molar-refractivity contribution in [3.05, 3.63) is 42.1 Å². The van der Waals surface area contributed by atoms with E-state index in [1.54, 1.807) is 0 Å². The molecule has 0 aliphatic carbocycles. The number of nitrogens with zero attached hydrogens (tertiary/aromatic N) is 1. The maximum atomic E-state index is 4.75. The molecular formula is C16H20BrN. The van der Waals surface area contributed by atoms with Crippen molar-refractivity contribution in [1.29, 1.82) is 0 Å². The Kier molecular flexibility index (Phi) is 4.06. The van der Waals surface area contributed by atoms with Gasteiger partial charge in [0.25, 0.3) is 0 Å². The van der Waals surface area contributed by atoms with Gasteiger partial charge in [0.05, 0.1) is 5.52 Å². The van der Waals surface area contributed by atoms with Crippen LogP contribution in [0.3, 0.4) is 0 Å². The molecule has 0 fully saturated rings. The number of fused-ring (bicyclic) bond motifs is 1. The van der Waals surface area contributed by atoms with Crippen LogP contribution in [0.2, 0.25) is 0 Å². The van der Waals surface area contributed by atoms with Gasteiger partial charge in [0.15, 0.2) is 0 Å². The maximum absolute atomic E-state index is 4.75. The van der Waals surface area contributed by atoms with Gasteiger partial charge in [-0.2, -0.15) is 0 Å². The minimum absolute atomic E-state index is 0.276. The molecule has 1 unspecified atom stereocenters. The molecule has 0 N–H and O–H groups in total. The van der Waals surface area contributed by atoms with E-state index in [2.05, 4.69) is 67.0 Å². The lowest BCUT2D eigenvalue weighted by Crippen LogP contribution is -2.19. The molecule has 96 valence electrons. The lowest BCUT2D eigenvalue weighted by atomic mass is 9.83. The van der Waals surface area contributed by atoms with Gasteiger partial charge in [-0.1, -0.05) is 61.0 Å². The van der Waals surface area contributed by atoms with Crippen LogP contribution in [0, 0.1) is 5.41 Å². The Morgan fingerprint density at radius 1 is 1.17 bits per heavy atom. The van der Waals surface area contributed by atoms with Crippen LogP contribution in [-0.2, 0) is 6.42 Å². The van der Waals surface area contributed by atoms with Crippen LogP contribution in [0.5, 0.6) is 0 Å². The van der Waals surface area contributed by atoms with Crippen molar-refractivity contribution in [1.82, 2.24) is 4.98 Å². The predicted octanol–water partition coefficient (Wildman–Crippen LogP) is 4.98. The zero-order chi connectivity index (χ0) is 13.2. The molecule has 0 spiro atoms. The van der Waals surface area contributed by atoms with Crippen molar-refractivity contribution in [3.63, 3.8) is 0 Å². The molecule has 1 aromatic carbocycles. The van der Waals surface area contributed by atoms with Crippen molar-refractivity contribution in [3.8, 4) is 0 Å². The summed E-state index contributed by atoms with van der Waals surface area (Å²) in [6.45, 7) is 6.82. The summed E-state index contributed by atoms with van der Waals surface area (Å²) in [5, 5.41) is 1.22. The monoisotopic (exact) mass is 305 g/mol. The SMILES string of the molecule is CC(Br)CC(C)(C)Cc1ccc2ccccc2n1. The third-order valence-corrected chi connectivity index (χ3v) is 3.47. The maximum Gasteiger partial charge on any atom is 0.0705 e. The molecule has 0 bridgehead atoms. The predicted molar refractivity (Wildman–Crippen MR) is 82.2 cm³/mol. The summed E-state index contributed by atoms with van der Waals surface area (Å²) < 4.78 is 0. The Bertz CT molecular complexity index is 531. The number of aromatic nitrogens is 1. The number of rotatable bonds is 4. The molecule has 0 aliphatic heterocycles. The van der Waals surface area contributed by atoms with Gasteiger partial charge in [-0.05, 0) is 30.4 Å². The molecule has 2 aromatic rings. The minimum Gasteiger partial charge on any atom is -0.253 e. The fourth-order valence-electron chi connectivity index (χ4n) is 2.53. The van der Waals surface area contributed by atoms with Gasteiger partial charge in [0, 0.05) is 15.9 Å². The van der Waals surface area contributed by atoms with Crippen LogP contribution in [0.1, 0.15) is 32.9 Å². The van der Waals surface area contributed by atoms with Crippen LogP contribution in [0.25, 0.3) is 10.9 Å². The fourth-order valence-corrected chi connectivity index (χ4v) is 3.41. The Hall–Kier alpha value is -0.890. The third kappa shape index (κ3) is 3.55. The van der Waals surface area contributed by atoms with Crippen molar-refractivity contribution >= 4 is 26.8 Å². The van der Waals surface area contributed by atoms with Crippen molar-refractivity contribution in [2.75, 3.05) is 0 Å². The molecule has 2 heteroatoms. The van der Waals surface area contributed by atoms with Crippen LogP contribution in [0.4, 0.5) is 0 Å². The zero-order valence-electron chi connectivity index (χ0n) is 11.3. The number of para-hydroxylation sites is 1. The van der Waals surface area contributed by atoms with Crippen molar-refractivity contribution in [2.45, 2.75) is 38.4 Å². The number of halogens is 1. The molecule has 1 heterocycles. The molecule has 1 nitrogen and oxygen atoms in total. The Morgan fingerprint density at radius 2 is 1.89 bits per heavy atom. The van der Waals surface area contributed by atoms with E-state index in [0.29, 0.717) is 4.83 Å². The summed E-state index contributed by atoms with van der Waals surface area (Å²) in [7, 11) is 0. The van der Waals surface area contributed by atoms with E-state index in [1.807, 2.05) is 6.07 Å². The van der Waals surface area contributed by atoms with Crippen molar-refractivity contribution in [2.24, 2.45) is 5.41 Å². The lowest BCUT2D eigenvalue weighted by Gasteiger charge is -2.25. The number of hydrogen-bond donors (Lipinski definition) is 0. The minimum atomic E-state index is 0.276. The van der Waals surface area contributed by atoms with E-state index < -0.39 is 0 Å². The van der Waals surface area contributed by atoms with Gasteiger partial charge in [-0.15, -0.1) is 0 Å². The first-order valence-corrected chi connectivity index (χ1v) is 7.37. The largest absolute Gasteiger partial charge is 0.253 e. The third-order valence-electron chi connectivity index (χ3n) is 3.15. The molecular weight excluding hydrogens is 286 g/mol. The molecule has 2 rings (SSSR count). The van der Waals surface area contributed by atoms with Gasteiger partial charge >= 0.3 is 0 Å². The highest BCUT2D eigenvalue weighted by Crippen LogP contribution is 2.29. The Morgan fingerprint density at radius 3 is 2.61 bits per heavy atom. The van der Waals surface area contributed by atoms with E-state index in [-0.39, 0.29) is 5.41 Å². The van der Waals surface area contributed by atoms with Gasteiger partial charge in [-0.3, -0.25) is 4.98 Å². The second-order valence-corrected chi connectivity index (χ2v) is 7.38. The van der Waals surface area contributed by atoms with Gasteiger partial charge in [-0.25, -0.2) is 0 Å². The molecule has 0 radical (unpaired) electrons.